The van der Waals surface area contributed by atoms with Crippen LogP contribution in [-0.4, -0.2) is 57.9 Å². The zero-order valence-corrected chi connectivity index (χ0v) is 20.2. The maximum Gasteiger partial charge on any atom is 0.416 e. The first-order chi connectivity index (χ1) is 18.4. The number of aryl methyl sites for hydroxylation is 1. The molecular formula is C25H24F2N6O5. The predicted molar refractivity (Wildman–Crippen MR) is 131 cm³/mol. The largest absolute Gasteiger partial charge is 0.480 e. The first kappa shape index (κ1) is 24.2. The number of halogens is 2. The van der Waals surface area contributed by atoms with E-state index in [4.69, 9.17) is 9.47 Å². The topological polar surface area (TPSA) is 128 Å². The van der Waals surface area contributed by atoms with Gasteiger partial charge in [-0.2, -0.15) is 0 Å². The average Bonchev–Trinajstić information content (AvgIpc) is 3.23. The van der Waals surface area contributed by atoms with Crippen molar-refractivity contribution in [2.24, 2.45) is 0 Å². The lowest BCUT2D eigenvalue weighted by molar-refractivity contribution is -0.118. The maximum absolute atomic E-state index is 13.8. The van der Waals surface area contributed by atoms with Crippen molar-refractivity contribution in [3.05, 3.63) is 52.5 Å². The van der Waals surface area contributed by atoms with Crippen LogP contribution in [0, 0.1) is 11.6 Å². The molecule has 2 aliphatic heterocycles. The van der Waals surface area contributed by atoms with Gasteiger partial charge in [0.25, 0.3) is 11.5 Å². The molecule has 0 unspecified atom stereocenters. The highest BCUT2D eigenvalue weighted by Gasteiger charge is 2.46. The Labute approximate surface area is 214 Å². The minimum absolute atomic E-state index is 0.0761. The molecule has 0 bridgehead atoms. The first-order valence-corrected chi connectivity index (χ1v) is 12.4. The average molecular weight is 527 g/mol. The number of hydrogen-bond acceptors (Lipinski definition) is 8. The standard InChI is InChI=1S/C25H24F2N6O5/c26-14-9-16-18(10-15(14)27)32(23(35)11-29-16)7-1-6-28-13-2-3-17-20(8-13)38-25(36)33(17)21-5-4-19-24(30-21)31-22(34)12-37-19/h4-5,9-11,13,17,20,28H,1-3,6-8,12H2,(H,30,31,34)/t13-,17-,20-/m0/s1. The molecule has 3 aromatic rings. The Bertz CT molecular complexity index is 1500. The molecule has 6 rings (SSSR count). The molecule has 1 aromatic carbocycles. The van der Waals surface area contributed by atoms with Gasteiger partial charge in [0.1, 0.15) is 11.9 Å². The van der Waals surface area contributed by atoms with Crippen molar-refractivity contribution >= 4 is 34.7 Å². The van der Waals surface area contributed by atoms with E-state index in [1.165, 1.54) is 9.47 Å². The molecule has 11 nitrogen and oxygen atoms in total. The lowest BCUT2D eigenvalue weighted by Crippen LogP contribution is -2.46. The van der Waals surface area contributed by atoms with Crippen molar-refractivity contribution in [3.63, 3.8) is 0 Å². The fraction of sp³-hybridized carbons (Fsp3) is 0.400. The van der Waals surface area contributed by atoms with Crippen molar-refractivity contribution < 1.29 is 27.8 Å². The van der Waals surface area contributed by atoms with Crippen molar-refractivity contribution in [3.8, 4) is 5.75 Å². The van der Waals surface area contributed by atoms with E-state index in [0.717, 1.165) is 24.8 Å². The summed E-state index contributed by atoms with van der Waals surface area (Å²) in [5.41, 5.74) is 0.0754. The Morgan fingerprint density at radius 1 is 1.13 bits per heavy atom. The maximum atomic E-state index is 13.8. The summed E-state index contributed by atoms with van der Waals surface area (Å²) in [5.74, 6) is -1.23. The molecule has 1 saturated heterocycles. The van der Waals surface area contributed by atoms with Gasteiger partial charge >= 0.3 is 6.09 Å². The molecule has 3 aliphatic rings. The fourth-order valence-corrected chi connectivity index (χ4v) is 5.33. The molecule has 4 heterocycles. The van der Waals surface area contributed by atoms with E-state index >= 15 is 0 Å². The number of pyridine rings is 1. The number of amides is 2. The Hall–Kier alpha value is -4.13. The van der Waals surface area contributed by atoms with E-state index < -0.39 is 17.7 Å². The SMILES string of the molecule is O=C1COc2ccc(N3C(=O)O[C@H]4C[C@@H](NCCCn5c(=O)cnc6cc(F)c(F)cc65)CC[C@@H]43)nc2N1. The summed E-state index contributed by atoms with van der Waals surface area (Å²) in [6.45, 7) is 0.806. The lowest BCUT2D eigenvalue weighted by atomic mass is 9.88. The van der Waals surface area contributed by atoms with E-state index in [1.807, 2.05) is 0 Å². The smallest absolute Gasteiger partial charge is 0.416 e. The van der Waals surface area contributed by atoms with Crippen LogP contribution in [0.15, 0.2) is 35.3 Å². The van der Waals surface area contributed by atoms with Gasteiger partial charge in [-0.1, -0.05) is 0 Å². The number of carbonyl (C=O) groups excluding carboxylic acids is 2. The second-order valence-electron chi connectivity index (χ2n) is 9.53. The van der Waals surface area contributed by atoms with Crippen LogP contribution in [-0.2, 0) is 16.1 Å². The summed E-state index contributed by atoms with van der Waals surface area (Å²) >= 11 is 0. The Morgan fingerprint density at radius 2 is 1.97 bits per heavy atom. The van der Waals surface area contributed by atoms with E-state index in [-0.39, 0.29) is 53.1 Å². The molecule has 2 aromatic heterocycles. The summed E-state index contributed by atoms with van der Waals surface area (Å²) in [7, 11) is 0. The highest BCUT2D eigenvalue weighted by molar-refractivity contribution is 5.95. The second-order valence-corrected chi connectivity index (χ2v) is 9.53. The van der Waals surface area contributed by atoms with Crippen LogP contribution in [0.2, 0.25) is 0 Å². The lowest BCUT2D eigenvalue weighted by Gasteiger charge is -2.33. The normalized spacial score (nSPS) is 22.5. The third-order valence-corrected chi connectivity index (χ3v) is 7.12. The highest BCUT2D eigenvalue weighted by Crippen LogP contribution is 2.37. The molecule has 0 radical (unpaired) electrons. The number of benzene rings is 1. The number of anilines is 2. The van der Waals surface area contributed by atoms with Crippen molar-refractivity contribution in [2.45, 2.75) is 50.4 Å². The molecule has 1 aliphatic carbocycles. The number of ether oxygens (including phenoxy) is 2. The van der Waals surface area contributed by atoms with Crippen LogP contribution in [0.25, 0.3) is 11.0 Å². The van der Waals surface area contributed by atoms with Gasteiger partial charge in [0.2, 0.25) is 0 Å². The Balaban J connectivity index is 1.06. The third-order valence-electron chi connectivity index (χ3n) is 7.12. The first-order valence-electron chi connectivity index (χ1n) is 12.4. The van der Waals surface area contributed by atoms with Gasteiger partial charge in [-0.3, -0.25) is 14.5 Å². The molecule has 38 heavy (non-hydrogen) atoms. The van der Waals surface area contributed by atoms with Gasteiger partial charge in [-0.05, 0) is 37.9 Å². The summed E-state index contributed by atoms with van der Waals surface area (Å²) in [4.78, 5) is 46.5. The monoisotopic (exact) mass is 526 g/mol. The molecule has 1 saturated carbocycles. The van der Waals surface area contributed by atoms with Gasteiger partial charge < -0.3 is 24.7 Å². The molecule has 2 amide bonds. The van der Waals surface area contributed by atoms with Gasteiger partial charge in [0, 0.05) is 31.1 Å². The quantitative estimate of drug-likeness (QED) is 0.469. The van der Waals surface area contributed by atoms with E-state index in [1.54, 1.807) is 12.1 Å². The van der Waals surface area contributed by atoms with Crippen LogP contribution in [0.5, 0.6) is 5.75 Å². The second kappa shape index (κ2) is 9.63. The van der Waals surface area contributed by atoms with E-state index in [0.29, 0.717) is 43.9 Å². The van der Waals surface area contributed by atoms with Crippen molar-refractivity contribution in [1.82, 2.24) is 19.9 Å². The summed E-state index contributed by atoms with van der Waals surface area (Å²) in [6.07, 6.45) is 2.97. The molecule has 3 atom stereocenters. The van der Waals surface area contributed by atoms with Gasteiger partial charge in [0.05, 0.1) is 23.3 Å². The van der Waals surface area contributed by atoms with Crippen LogP contribution < -0.4 is 25.8 Å². The van der Waals surface area contributed by atoms with Crippen LogP contribution >= 0.6 is 0 Å². The third kappa shape index (κ3) is 4.42. The number of nitrogens with zero attached hydrogens (tertiary/aromatic N) is 4. The fourth-order valence-electron chi connectivity index (χ4n) is 5.33. The zero-order valence-electron chi connectivity index (χ0n) is 20.2. The number of carbonyl (C=O) groups is 2. The van der Waals surface area contributed by atoms with Crippen molar-refractivity contribution in [2.75, 3.05) is 23.4 Å². The molecule has 2 fully saturated rings. The van der Waals surface area contributed by atoms with Crippen molar-refractivity contribution in [1.29, 1.82) is 0 Å². The van der Waals surface area contributed by atoms with Gasteiger partial charge in [-0.25, -0.2) is 23.5 Å². The number of fused-ring (bicyclic) bond motifs is 3. The van der Waals surface area contributed by atoms with Gasteiger partial charge in [0.15, 0.2) is 29.8 Å². The Kier molecular flexibility index (Phi) is 6.14. The van der Waals surface area contributed by atoms with E-state index in [9.17, 15) is 23.2 Å². The number of aromatic nitrogens is 3. The van der Waals surface area contributed by atoms with Gasteiger partial charge in [-0.15, -0.1) is 0 Å². The van der Waals surface area contributed by atoms with Crippen LogP contribution in [0.3, 0.4) is 0 Å². The minimum Gasteiger partial charge on any atom is -0.480 e. The predicted octanol–water partition coefficient (Wildman–Crippen LogP) is 2.33. The van der Waals surface area contributed by atoms with Crippen LogP contribution in [0.1, 0.15) is 25.7 Å². The molecular weight excluding hydrogens is 502 g/mol. The molecule has 198 valence electrons. The minimum atomic E-state index is -1.03. The summed E-state index contributed by atoms with van der Waals surface area (Å²) < 4.78 is 39.7. The molecule has 2 N–H and O–H groups in total. The highest BCUT2D eigenvalue weighted by atomic mass is 19.2. The molecule has 13 heteroatoms. The van der Waals surface area contributed by atoms with E-state index in [2.05, 4.69) is 20.6 Å². The van der Waals surface area contributed by atoms with Crippen LogP contribution in [0.4, 0.5) is 25.2 Å². The Morgan fingerprint density at radius 3 is 2.84 bits per heavy atom. The number of nitrogens with one attached hydrogen (secondary N) is 2. The molecule has 0 spiro atoms. The number of rotatable bonds is 6. The summed E-state index contributed by atoms with van der Waals surface area (Å²) in [6, 6.07) is 5.25. The number of hydrogen-bond donors (Lipinski definition) is 2. The zero-order chi connectivity index (χ0) is 26.4. The summed E-state index contributed by atoms with van der Waals surface area (Å²) in [5, 5.41) is 6.11.